The van der Waals surface area contributed by atoms with E-state index in [0.717, 1.165) is 25.7 Å². The second-order valence-electron chi connectivity index (χ2n) is 6.16. The molecule has 0 aromatic rings. The topological polar surface area (TPSA) is 57.7 Å². The first-order valence-corrected chi connectivity index (χ1v) is 7.81. The molecule has 0 unspecified atom stereocenters. The summed E-state index contributed by atoms with van der Waals surface area (Å²) in [6.45, 7) is 0.270. The molecule has 0 bridgehead atoms. The minimum absolute atomic E-state index is 0.123. The summed E-state index contributed by atoms with van der Waals surface area (Å²) in [5, 5.41) is 0. The van der Waals surface area contributed by atoms with Gasteiger partial charge >= 0.3 is 0 Å². The molecule has 3 fully saturated rings. The van der Waals surface area contributed by atoms with Crippen molar-refractivity contribution in [2.24, 2.45) is 0 Å². The molecule has 1 saturated heterocycles. The van der Waals surface area contributed by atoms with Crippen molar-refractivity contribution in [3.63, 3.8) is 0 Å². The first-order valence-electron chi connectivity index (χ1n) is 7.81. The number of hydrogen-bond acceptors (Lipinski definition) is 3. The zero-order valence-electron chi connectivity index (χ0n) is 11.8. The smallest absolute Gasteiger partial charge is 0.229 e. The van der Waals surface area contributed by atoms with Gasteiger partial charge in [0.25, 0.3) is 0 Å². The van der Waals surface area contributed by atoms with Gasteiger partial charge in [-0.25, -0.2) is 0 Å². The summed E-state index contributed by atoms with van der Waals surface area (Å²) in [6, 6.07) is 0.829. The SMILES string of the molecule is O=C1CCC(=O)N1CCC(=O)N(C1CCC1)C1CCC1. The number of nitrogens with zero attached hydrogens (tertiary/aromatic N) is 2. The molecular formula is C15H22N2O3. The molecule has 0 aromatic heterocycles. The zero-order valence-corrected chi connectivity index (χ0v) is 11.8. The van der Waals surface area contributed by atoms with Gasteiger partial charge in [-0.05, 0) is 38.5 Å². The van der Waals surface area contributed by atoms with E-state index in [1.54, 1.807) is 0 Å². The largest absolute Gasteiger partial charge is 0.337 e. The molecule has 0 radical (unpaired) electrons. The van der Waals surface area contributed by atoms with E-state index in [9.17, 15) is 14.4 Å². The highest BCUT2D eigenvalue weighted by Gasteiger charge is 2.37. The average Bonchev–Trinajstić information content (AvgIpc) is 2.61. The van der Waals surface area contributed by atoms with Crippen LogP contribution in [0.1, 0.15) is 57.8 Å². The number of hydrogen-bond donors (Lipinski definition) is 0. The van der Waals surface area contributed by atoms with Gasteiger partial charge in [0.05, 0.1) is 0 Å². The van der Waals surface area contributed by atoms with Gasteiger partial charge in [0.1, 0.15) is 0 Å². The summed E-state index contributed by atoms with van der Waals surface area (Å²) in [5.41, 5.74) is 0. The summed E-state index contributed by atoms with van der Waals surface area (Å²) in [6.07, 6.45) is 7.80. The van der Waals surface area contributed by atoms with Crippen molar-refractivity contribution in [2.45, 2.75) is 69.9 Å². The van der Waals surface area contributed by atoms with Crippen molar-refractivity contribution >= 4 is 17.7 Å². The number of carbonyl (C=O) groups excluding carboxylic acids is 3. The summed E-state index contributed by atoms with van der Waals surface area (Å²) in [7, 11) is 0. The molecule has 5 nitrogen and oxygen atoms in total. The highest BCUT2D eigenvalue weighted by molar-refractivity contribution is 6.02. The van der Waals surface area contributed by atoms with Crippen LogP contribution in [0.25, 0.3) is 0 Å². The van der Waals surface area contributed by atoms with Crippen molar-refractivity contribution in [3.05, 3.63) is 0 Å². The fourth-order valence-electron chi connectivity index (χ4n) is 3.24. The Hall–Kier alpha value is -1.39. The maximum absolute atomic E-state index is 12.5. The molecule has 3 aliphatic rings. The van der Waals surface area contributed by atoms with Gasteiger partial charge in [-0.2, -0.15) is 0 Å². The molecule has 5 heteroatoms. The molecule has 2 saturated carbocycles. The van der Waals surface area contributed by atoms with Gasteiger partial charge in [0.15, 0.2) is 0 Å². The summed E-state index contributed by atoms with van der Waals surface area (Å²) < 4.78 is 0. The fraction of sp³-hybridized carbons (Fsp3) is 0.800. The van der Waals surface area contributed by atoms with Crippen LogP contribution >= 0.6 is 0 Å². The Bertz CT molecular complexity index is 397. The molecule has 3 rings (SSSR count). The molecule has 3 amide bonds. The Labute approximate surface area is 119 Å². The van der Waals surface area contributed by atoms with E-state index >= 15 is 0 Å². The molecule has 2 aliphatic carbocycles. The number of amides is 3. The Morgan fingerprint density at radius 1 is 1.00 bits per heavy atom. The minimum atomic E-state index is -0.123. The molecule has 1 heterocycles. The molecule has 110 valence electrons. The van der Waals surface area contributed by atoms with Crippen LogP contribution in [-0.2, 0) is 14.4 Å². The van der Waals surface area contributed by atoms with Crippen molar-refractivity contribution in [1.82, 2.24) is 9.80 Å². The number of imide groups is 1. The lowest BCUT2D eigenvalue weighted by molar-refractivity contribution is -0.143. The first-order chi connectivity index (χ1) is 9.66. The highest BCUT2D eigenvalue weighted by Crippen LogP contribution is 2.34. The molecule has 20 heavy (non-hydrogen) atoms. The Balaban J connectivity index is 1.56. The van der Waals surface area contributed by atoms with Gasteiger partial charge in [0.2, 0.25) is 17.7 Å². The first kappa shape index (κ1) is 13.6. The van der Waals surface area contributed by atoms with Crippen molar-refractivity contribution in [1.29, 1.82) is 0 Å². The summed E-state index contributed by atoms with van der Waals surface area (Å²) in [5.74, 6) is -0.116. The van der Waals surface area contributed by atoms with Crippen LogP contribution in [0.2, 0.25) is 0 Å². The van der Waals surface area contributed by atoms with Gasteiger partial charge < -0.3 is 4.90 Å². The van der Waals surface area contributed by atoms with Crippen LogP contribution in [-0.4, -0.2) is 46.1 Å². The third-order valence-corrected chi connectivity index (χ3v) is 4.93. The lowest BCUT2D eigenvalue weighted by Crippen LogP contribution is -2.53. The fourth-order valence-corrected chi connectivity index (χ4v) is 3.24. The van der Waals surface area contributed by atoms with Crippen LogP contribution in [0.15, 0.2) is 0 Å². The third kappa shape index (κ3) is 2.45. The quantitative estimate of drug-likeness (QED) is 0.715. The van der Waals surface area contributed by atoms with Gasteiger partial charge in [-0.1, -0.05) is 0 Å². The lowest BCUT2D eigenvalue weighted by atomic mass is 9.84. The van der Waals surface area contributed by atoms with Crippen LogP contribution in [0, 0.1) is 0 Å². The summed E-state index contributed by atoms with van der Waals surface area (Å²) in [4.78, 5) is 38.9. The number of rotatable bonds is 5. The monoisotopic (exact) mass is 278 g/mol. The van der Waals surface area contributed by atoms with Crippen LogP contribution < -0.4 is 0 Å². The molecule has 0 aromatic carbocycles. The summed E-state index contributed by atoms with van der Waals surface area (Å²) >= 11 is 0. The van der Waals surface area contributed by atoms with Crippen molar-refractivity contribution in [3.8, 4) is 0 Å². The van der Waals surface area contributed by atoms with Crippen LogP contribution in [0.5, 0.6) is 0 Å². The van der Waals surface area contributed by atoms with Crippen LogP contribution in [0.4, 0.5) is 0 Å². The third-order valence-electron chi connectivity index (χ3n) is 4.93. The maximum Gasteiger partial charge on any atom is 0.229 e. The van der Waals surface area contributed by atoms with E-state index in [1.165, 1.54) is 17.7 Å². The predicted molar refractivity (Wildman–Crippen MR) is 72.7 cm³/mol. The molecule has 0 atom stereocenters. The molecule has 0 N–H and O–H groups in total. The zero-order chi connectivity index (χ0) is 14.1. The Morgan fingerprint density at radius 2 is 1.50 bits per heavy atom. The van der Waals surface area contributed by atoms with E-state index in [4.69, 9.17) is 0 Å². The van der Waals surface area contributed by atoms with Crippen molar-refractivity contribution in [2.75, 3.05) is 6.54 Å². The minimum Gasteiger partial charge on any atom is -0.337 e. The van der Waals surface area contributed by atoms with Crippen molar-refractivity contribution < 1.29 is 14.4 Å². The standard InChI is InChI=1S/C15H22N2O3/c18-13-7-8-14(19)16(13)10-9-15(20)17(11-3-1-4-11)12-5-2-6-12/h11-12H,1-10H2. The molecule has 1 aliphatic heterocycles. The van der Waals surface area contributed by atoms with E-state index in [0.29, 0.717) is 31.3 Å². The van der Waals surface area contributed by atoms with Crippen LogP contribution in [0.3, 0.4) is 0 Å². The van der Waals surface area contributed by atoms with Gasteiger partial charge in [-0.15, -0.1) is 0 Å². The molecular weight excluding hydrogens is 256 g/mol. The number of carbonyl (C=O) groups is 3. The second kappa shape index (κ2) is 5.54. The van der Waals surface area contributed by atoms with E-state index in [1.807, 2.05) is 0 Å². The lowest BCUT2D eigenvalue weighted by Gasteiger charge is -2.46. The van der Waals surface area contributed by atoms with E-state index < -0.39 is 0 Å². The highest BCUT2D eigenvalue weighted by atomic mass is 16.2. The average molecular weight is 278 g/mol. The Kier molecular flexibility index (Phi) is 3.76. The second-order valence-corrected chi connectivity index (χ2v) is 6.16. The Morgan fingerprint density at radius 3 is 1.90 bits per heavy atom. The number of likely N-dealkylation sites (tertiary alicyclic amines) is 1. The van der Waals surface area contributed by atoms with E-state index in [-0.39, 0.29) is 24.3 Å². The predicted octanol–water partition coefficient (Wildman–Crippen LogP) is 1.46. The van der Waals surface area contributed by atoms with Gasteiger partial charge in [0, 0.05) is 37.9 Å². The normalized spacial score (nSPS) is 23.7. The van der Waals surface area contributed by atoms with E-state index in [2.05, 4.69) is 4.90 Å². The van der Waals surface area contributed by atoms with Gasteiger partial charge in [-0.3, -0.25) is 19.3 Å². The maximum atomic E-state index is 12.5. The molecule has 0 spiro atoms.